The molecule has 0 rings (SSSR count). The maximum Gasteiger partial charge on any atom is 0.306 e. The number of hydrogen-bond acceptors (Lipinski definition) is 14. The van der Waals surface area contributed by atoms with E-state index in [9.17, 15) is 28.8 Å². The van der Waals surface area contributed by atoms with Crippen molar-refractivity contribution in [3.05, 3.63) is 24.3 Å². The van der Waals surface area contributed by atoms with Gasteiger partial charge in [0.05, 0.1) is 0 Å². The van der Waals surface area contributed by atoms with Crippen LogP contribution < -0.4 is 0 Å². The van der Waals surface area contributed by atoms with Gasteiger partial charge < -0.3 is 38.5 Å². The molecule has 0 radical (unpaired) electrons. The van der Waals surface area contributed by atoms with Crippen LogP contribution >= 0.6 is 23.5 Å². The summed E-state index contributed by atoms with van der Waals surface area (Å²) in [5, 5.41) is -0.0412. The molecule has 2 unspecified atom stereocenters. The van der Waals surface area contributed by atoms with Gasteiger partial charge in [-0.3, -0.25) is 28.8 Å². The van der Waals surface area contributed by atoms with Gasteiger partial charge >= 0.3 is 23.9 Å². The van der Waals surface area contributed by atoms with E-state index in [1.54, 1.807) is 4.90 Å². The third-order valence-corrected chi connectivity index (χ3v) is 18.3. The molecule has 0 aromatic carbocycles. The highest BCUT2D eigenvalue weighted by atomic mass is 32.2. The molecule has 0 aliphatic heterocycles. The zero-order valence-electron chi connectivity index (χ0n) is 59.3. The smallest absolute Gasteiger partial charge is 0.306 e. The predicted octanol–water partition coefficient (Wildman–Crippen LogP) is 19.7. The van der Waals surface area contributed by atoms with Crippen molar-refractivity contribution in [2.24, 2.45) is 0 Å². The van der Waals surface area contributed by atoms with Crippen molar-refractivity contribution in [1.29, 1.82) is 0 Å². The van der Waals surface area contributed by atoms with Crippen molar-refractivity contribution < 1.29 is 47.7 Å². The van der Waals surface area contributed by atoms with Crippen molar-refractivity contribution in [1.82, 2.24) is 19.6 Å². The van der Waals surface area contributed by atoms with E-state index in [0.29, 0.717) is 63.4 Å². The minimum absolute atomic E-state index is 0.0153. The lowest BCUT2D eigenvalue weighted by molar-refractivity contribution is -0.151. The van der Waals surface area contributed by atoms with Crippen LogP contribution in [-0.2, 0) is 38.1 Å². The molecule has 14 nitrogen and oxygen atoms in total. The van der Waals surface area contributed by atoms with Gasteiger partial charge in [0.15, 0.2) is 0 Å². The Morgan fingerprint density at radius 2 is 0.644 bits per heavy atom. The van der Waals surface area contributed by atoms with E-state index in [1.165, 1.54) is 126 Å². The van der Waals surface area contributed by atoms with Gasteiger partial charge in [-0.05, 0) is 137 Å². The van der Waals surface area contributed by atoms with E-state index in [-0.39, 0.29) is 85.5 Å². The van der Waals surface area contributed by atoms with Crippen molar-refractivity contribution in [3.8, 4) is 0 Å². The Kier molecular flexibility index (Phi) is 63.7. The van der Waals surface area contributed by atoms with E-state index >= 15 is 0 Å². The average molecular weight is 1310 g/mol. The molecule has 0 saturated carbocycles. The van der Waals surface area contributed by atoms with Crippen molar-refractivity contribution in [2.45, 2.75) is 323 Å². The Morgan fingerprint density at radius 3 is 1.01 bits per heavy atom. The molecule has 0 aromatic rings. The van der Waals surface area contributed by atoms with Crippen molar-refractivity contribution in [2.75, 3.05) is 91.7 Å². The Morgan fingerprint density at radius 1 is 0.333 bits per heavy atom. The molecule has 0 heterocycles. The van der Waals surface area contributed by atoms with Crippen molar-refractivity contribution in [3.63, 3.8) is 0 Å². The van der Waals surface area contributed by atoms with Crippen LogP contribution in [0.2, 0.25) is 0 Å². The Hall–Kier alpha value is -3.08. The van der Waals surface area contributed by atoms with Crippen LogP contribution in [0.3, 0.4) is 0 Å². The fraction of sp³-hybridized carbons (Fsp3) is 0.865. The molecule has 0 fully saturated rings. The van der Waals surface area contributed by atoms with Crippen LogP contribution in [-0.4, -0.2) is 158 Å². The summed E-state index contributed by atoms with van der Waals surface area (Å²) in [5.41, 5.74) is 0. The van der Waals surface area contributed by atoms with Crippen LogP contribution in [0.1, 0.15) is 311 Å². The first-order valence-electron chi connectivity index (χ1n) is 37.0. The highest BCUT2D eigenvalue weighted by Gasteiger charge is 2.21. The molecular formula is C74H138N4O10S2. The second kappa shape index (κ2) is 66.0. The van der Waals surface area contributed by atoms with Crippen LogP contribution in [0.4, 0.5) is 9.59 Å². The van der Waals surface area contributed by atoms with E-state index in [1.807, 2.05) is 31.1 Å². The van der Waals surface area contributed by atoms with Gasteiger partial charge in [-0.1, -0.05) is 224 Å². The zero-order chi connectivity index (χ0) is 66.2. The maximum absolute atomic E-state index is 13.8. The van der Waals surface area contributed by atoms with E-state index in [4.69, 9.17) is 18.9 Å². The van der Waals surface area contributed by atoms with Gasteiger partial charge in [-0.2, -0.15) is 0 Å². The lowest BCUT2D eigenvalue weighted by Crippen LogP contribution is -2.32. The quantitative estimate of drug-likeness (QED) is 0.0246. The van der Waals surface area contributed by atoms with Crippen LogP contribution in [0, 0.1) is 0 Å². The molecule has 0 bridgehead atoms. The first kappa shape index (κ1) is 86.9. The second-order valence-corrected chi connectivity index (χ2v) is 27.6. The summed E-state index contributed by atoms with van der Waals surface area (Å²) in [6.07, 6.45) is 50.5. The van der Waals surface area contributed by atoms with Gasteiger partial charge in [0.2, 0.25) is 0 Å². The van der Waals surface area contributed by atoms with Gasteiger partial charge in [0.25, 0.3) is 10.5 Å². The number of thioether (sulfide) groups is 2. The number of hydrogen-bond donors (Lipinski definition) is 0. The Balaban J connectivity index is 5.15. The number of amides is 2. The number of carbonyl (C=O) groups excluding carboxylic acids is 6. The number of esters is 4. The van der Waals surface area contributed by atoms with Gasteiger partial charge in [-0.15, -0.1) is 0 Å². The minimum atomic E-state index is -0.260. The van der Waals surface area contributed by atoms with Crippen LogP contribution in [0.15, 0.2) is 24.3 Å². The van der Waals surface area contributed by atoms with Crippen LogP contribution in [0.5, 0.6) is 0 Å². The molecule has 0 saturated heterocycles. The van der Waals surface area contributed by atoms with Gasteiger partial charge in [0.1, 0.15) is 25.4 Å². The summed E-state index contributed by atoms with van der Waals surface area (Å²) in [6.45, 7) is 15.9. The molecule has 2 amide bonds. The molecular weight excluding hydrogens is 1170 g/mol. The van der Waals surface area contributed by atoms with E-state index in [0.717, 1.165) is 142 Å². The summed E-state index contributed by atoms with van der Waals surface area (Å²) >= 11 is 2.61. The third-order valence-electron chi connectivity index (χ3n) is 16.5. The fourth-order valence-electron chi connectivity index (χ4n) is 10.7. The molecule has 0 aliphatic rings. The first-order valence-corrected chi connectivity index (χ1v) is 38.9. The molecule has 90 heavy (non-hydrogen) atoms. The summed E-state index contributed by atoms with van der Waals surface area (Å²) in [6, 6.07) is 0. The molecule has 16 heteroatoms. The van der Waals surface area contributed by atoms with E-state index < -0.39 is 0 Å². The first-order chi connectivity index (χ1) is 43.8. The summed E-state index contributed by atoms with van der Waals surface area (Å²) in [7, 11) is 6.09. The number of rotatable bonds is 65. The molecule has 0 spiro atoms. The minimum Gasteiger partial charge on any atom is -0.462 e. The van der Waals surface area contributed by atoms with E-state index in [2.05, 4.69) is 63.6 Å². The normalized spacial score (nSPS) is 12.3. The summed E-state index contributed by atoms with van der Waals surface area (Å²) in [4.78, 5) is 86.7. The Bertz CT molecular complexity index is 1770. The highest BCUT2D eigenvalue weighted by molar-refractivity contribution is 8.13. The largest absolute Gasteiger partial charge is 0.462 e. The molecule has 2 atom stereocenters. The topological polar surface area (TPSA) is 152 Å². The summed E-state index contributed by atoms with van der Waals surface area (Å²) in [5.74, 6) is 0.444. The number of allylic oxidation sites excluding steroid dienone is 2. The lowest BCUT2D eigenvalue weighted by atomic mass is 10.0. The lowest BCUT2D eigenvalue weighted by Gasteiger charge is -2.23. The van der Waals surface area contributed by atoms with Gasteiger partial charge in [-0.25, -0.2) is 0 Å². The monoisotopic (exact) mass is 1310 g/mol. The third kappa shape index (κ3) is 58.7. The second-order valence-electron chi connectivity index (χ2n) is 25.5. The van der Waals surface area contributed by atoms with Gasteiger partial charge in [0, 0.05) is 76.5 Å². The maximum atomic E-state index is 13.8. The predicted molar refractivity (Wildman–Crippen MR) is 382 cm³/mol. The molecule has 0 N–H and O–H groups in total. The van der Waals surface area contributed by atoms with Crippen LogP contribution in [0.25, 0.3) is 0 Å². The molecule has 0 aliphatic carbocycles. The Labute approximate surface area is 561 Å². The SMILES string of the molecule is CCCCCC/C=C\COC(=O)CCCN(CCCC(=O)OC(CCCCCC)CCCCCCCCN(C)CCSC(=O)N(CCCC(=O)OC/C=C\CCCCCC)CCCC(=O)OC(CCCCCCC)CCCCCCCC)C(=O)SCCN(C)C. The highest BCUT2D eigenvalue weighted by Crippen LogP contribution is 2.21. The zero-order valence-corrected chi connectivity index (χ0v) is 61.0. The number of carbonyl (C=O) groups is 6. The summed E-state index contributed by atoms with van der Waals surface area (Å²) < 4.78 is 23.1. The number of ether oxygens (including phenoxy) is 4. The fourth-order valence-corrected chi connectivity index (χ4v) is 12.7. The molecule has 0 aromatic heterocycles. The standard InChI is InChI=1S/C74H138N4O10S2/c1-9-14-19-24-29-35-42-63-85-69(79)52-44-57-77(73(83)89-65-61-75(6)7)59-46-54-71(81)87-67(48-37-23-18-13-5)51-40-33-27-28-34-41-56-76(8)62-66-90-74(84)78(58-45-53-70(80)86-64-43-36-30-25-20-15-10-2)60-47-55-72(82)88-68(49-38-31-22-17-12-4)50-39-32-26-21-16-11-3/h35-36,42-43,67-68H,9-34,37-41,44-66H2,1-8H3/b42-35-,43-36-. The molecule has 526 valence electrons. The number of unbranched alkanes of at least 4 members (excludes halogenated alkanes) is 25. The average Bonchev–Trinajstić information content (AvgIpc) is 3.72. The van der Waals surface area contributed by atoms with Crippen molar-refractivity contribution >= 4 is 57.9 Å². The number of nitrogens with zero attached hydrogens (tertiary/aromatic N) is 4.